The fourth-order valence-electron chi connectivity index (χ4n) is 6.08. The summed E-state index contributed by atoms with van der Waals surface area (Å²) in [5.41, 5.74) is 2.04. The summed E-state index contributed by atoms with van der Waals surface area (Å²) >= 11 is 0. The topological polar surface area (TPSA) is 114 Å². The quantitative estimate of drug-likeness (QED) is 0.235. The van der Waals surface area contributed by atoms with Gasteiger partial charge in [0.2, 0.25) is 0 Å². The van der Waals surface area contributed by atoms with Crippen molar-refractivity contribution in [3.63, 3.8) is 0 Å². The van der Waals surface area contributed by atoms with Crippen LogP contribution >= 0.6 is 0 Å². The maximum Gasteiger partial charge on any atom is 0.410 e. The van der Waals surface area contributed by atoms with Gasteiger partial charge >= 0.3 is 18.3 Å². The van der Waals surface area contributed by atoms with Gasteiger partial charge in [0.05, 0.1) is 17.8 Å². The van der Waals surface area contributed by atoms with Gasteiger partial charge in [-0.2, -0.15) is 0 Å². The molecule has 2 heterocycles. The van der Waals surface area contributed by atoms with Gasteiger partial charge in [-0.15, -0.1) is 0 Å². The van der Waals surface area contributed by atoms with E-state index in [0.29, 0.717) is 32.7 Å². The number of hydrogen-bond donors (Lipinski definition) is 1. The summed E-state index contributed by atoms with van der Waals surface area (Å²) in [4.78, 5) is 49.6. The first kappa shape index (κ1) is 36.0. The van der Waals surface area contributed by atoms with Gasteiger partial charge in [0.1, 0.15) is 17.8 Å². The zero-order valence-electron chi connectivity index (χ0n) is 29.0. The summed E-state index contributed by atoms with van der Waals surface area (Å²) in [6.45, 7) is 14.1. The molecule has 0 saturated carbocycles. The number of nitrogens with one attached hydrogen (secondary N) is 1. The molecule has 2 aliphatic rings. The zero-order valence-corrected chi connectivity index (χ0v) is 29.0. The summed E-state index contributed by atoms with van der Waals surface area (Å²) in [5, 5.41) is 2.86. The smallest absolute Gasteiger partial charge is 0.410 e. The van der Waals surface area contributed by atoms with Crippen molar-refractivity contribution in [2.45, 2.75) is 104 Å². The average molecular weight is 652 g/mol. The predicted octanol–water partition coefficient (Wildman–Crippen LogP) is 6.32. The van der Waals surface area contributed by atoms with Crippen LogP contribution in [0.15, 0.2) is 48.7 Å². The number of aryl methyl sites for hydroxylation is 1. The van der Waals surface area contributed by atoms with Crippen molar-refractivity contribution in [2.75, 3.05) is 39.3 Å². The highest BCUT2D eigenvalue weighted by atomic mass is 16.6. The minimum absolute atomic E-state index is 0.0691. The highest BCUT2D eigenvalue weighted by Crippen LogP contribution is 2.34. The Labute approximate surface area is 279 Å². The van der Waals surface area contributed by atoms with Crippen molar-refractivity contribution >= 4 is 18.3 Å². The van der Waals surface area contributed by atoms with Crippen LogP contribution in [0.2, 0.25) is 0 Å². The van der Waals surface area contributed by atoms with Crippen LogP contribution in [0.25, 0.3) is 0 Å². The maximum absolute atomic E-state index is 13.5. The SMILES string of the molecule is CC(C)(C)OC(=O)NCCCCN(C[C@H]1CN(C(=O)OCc2ccccc2)CCN1C(=O)OC(C)(C)C)[C@H]1CCCc2cccnc21. The molecule has 0 spiro atoms. The van der Waals surface area contributed by atoms with Crippen molar-refractivity contribution in [3.05, 3.63) is 65.5 Å². The summed E-state index contributed by atoms with van der Waals surface area (Å²) in [5.74, 6) is 0. The lowest BCUT2D eigenvalue weighted by Gasteiger charge is -2.44. The molecule has 0 unspecified atom stereocenters. The van der Waals surface area contributed by atoms with E-state index in [9.17, 15) is 14.4 Å². The molecule has 2 atom stereocenters. The number of unbranched alkanes of at least 4 members (excludes halogenated alkanes) is 1. The molecule has 1 fully saturated rings. The summed E-state index contributed by atoms with van der Waals surface area (Å²) in [6, 6.07) is 13.5. The molecule has 1 aliphatic heterocycles. The Morgan fingerprint density at radius 1 is 0.936 bits per heavy atom. The van der Waals surface area contributed by atoms with Crippen LogP contribution in [-0.4, -0.2) is 94.5 Å². The lowest BCUT2D eigenvalue weighted by atomic mass is 9.90. The molecule has 2 aromatic rings. The summed E-state index contributed by atoms with van der Waals surface area (Å²) in [6.07, 6.45) is 5.19. The number of alkyl carbamates (subject to hydrolysis) is 1. The second-order valence-corrected chi connectivity index (χ2v) is 14.4. The molecule has 4 rings (SSSR count). The largest absolute Gasteiger partial charge is 0.445 e. The van der Waals surface area contributed by atoms with Crippen molar-refractivity contribution in [2.24, 2.45) is 0 Å². The van der Waals surface area contributed by atoms with E-state index in [0.717, 1.165) is 49.9 Å². The van der Waals surface area contributed by atoms with Gasteiger partial charge in [-0.05, 0) is 97.4 Å². The molecule has 1 aromatic heterocycles. The number of carbonyl (C=O) groups excluding carboxylic acids is 3. The number of benzene rings is 1. The minimum Gasteiger partial charge on any atom is -0.445 e. The number of aromatic nitrogens is 1. The first-order valence-corrected chi connectivity index (χ1v) is 16.9. The number of carbonyl (C=O) groups is 3. The molecule has 11 nitrogen and oxygen atoms in total. The number of hydrogen-bond acceptors (Lipinski definition) is 8. The van der Waals surface area contributed by atoms with Crippen LogP contribution in [0.4, 0.5) is 14.4 Å². The fourth-order valence-corrected chi connectivity index (χ4v) is 6.08. The molecule has 3 amide bonds. The average Bonchev–Trinajstić information content (AvgIpc) is 3.01. The molecule has 0 bridgehead atoms. The third kappa shape index (κ3) is 11.4. The van der Waals surface area contributed by atoms with Gasteiger partial charge in [-0.25, -0.2) is 14.4 Å². The lowest BCUT2D eigenvalue weighted by Crippen LogP contribution is -2.60. The van der Waals surface area contributed by atoms with Gasteiger partial charge in [0.15, 0.2) is 0 Å². The Bertz CT molecular complexity index is 1330. The number of nitrogens with zero attached hydrogens (tertiary/aromatic N) is 4. The van der Waals surface area contributed by atoms with Gasteiger partial charge < -0.3 is 29.3 Å². The van der Waals surface area contributed by atoms with Crippen molar-refractivity contribution in [3.8, 4) is 0 Å². The van der Waals surface area contributed by atoms with Crippen LogP contribution in [-0.2, 0) is 27.2 Å². The normalized spacial score (nSPS) is 18.4. The first-order valence-electron chi connectivity index (χ1n) is 16.9. The second-order valence-electron chi connectivity index (χ2n) is 14.4. The van der Waals surface area contributed by atoms with Gasteiger partial charge in [-0.1, -0.05) is 36.4 Å². The third-order valence-corrected chi connectivity index (χ3v) is 8.17. The number of pyridine rings is 1. The van der Waals surface area contributed by atoms with Crippen molar-refractivity contribution in [1.82, 2.24) is 25.0 Å². The van der Waals surface area contributed by atoms with E-state index < -0.39 is 23.4 Å². The Morgan fingerprint density at radius 2 is 1.68 bits per heavy atom. The second kappa shape index (κ2) is 16.3. The molecular weight excluding hydrogens is 598 g/mol. The maximum atomic E-state index is 13.5. The van der Waals surface area contributed by atoms with E-state index in [4.69, 9.17) is 19.2 Å². The number of amides is 3. The fraction of sp³-hybridized carbons (Fsp3) is 0.611. The van der Waals surface area contributed by atoms with E-state index in [1.807, 2.05) is 84.1 Å². The van der Waals surface area contributed by atoms with Crippen LogP contribution < -0.4 is 5.32 Å². The number of fused-ring (bicyclic) bond motifs is 1. The molecule has 1 aliphatic carbocycles. The van der Waals surface area contributed by atoms with E-state index >= 15 is 0 Å². The van der Waals surface area contributed by atoms with E-state index in [2.05, 4.69) is 16.3 Å². The summed E-state index contributed by atoms with van der Waals surface area (Å²) in [7, 11) is 0. The molecule has 1 aromatic carbocycles. The Balaban J connectivity index is 1.50. The van der Waals surface area contributed by atoms with Crippen molar-refractivity contribution in [1.29, 1.82) is 0 Å². The number of piperazine rings is 1. The zero-order chi connectivity index (χ0) is 34.0. The van der Waals surface area contributed by atoms with Gasteiger partial charge in [-0.3, -0.25) is 9.88 Å². The van der Waals surface area contributed by atoms with Crippen LogP contribution in [0, 0.1) is 0 Å². The molecule has 11 heteroatoms. The number of ether oxygens (including phenoxy) is 3. The molecule has 0 radical (unpaired) electrons. The van der Waals surface area contributed by atoms with Crippen molar-refractivity contribution < 1.29 is 28.6 Å². The van der Waals surface area contributed by atoms with E-state index in [-0.39, 0.29) is 24.8 Å². The standard InChI is InChI=1S/C36H53N5O6/c1-35(2,3)46-32(42)38-19-10-11-21-39(30-18-12-16-28-17-13-20-37-31(28)30)24-29-25-40(22-23-41(29)34(44)47-36(4,5)6)33(43)45-26-27-14-8-7-9-15-27/h7-9,13-15,17,20,29-30H,10-12,16,18-19,21-26H2,1-6H3,(H,38,42)/t29-,30-/m0/s1. The van der Waals surface area contributed by atoms with Gasteiger partial charge in [0.25, 0.3) is 0 Å². The highest BCUT2D eigenvalue weighted by molar-refractivity contribution is 5.71. The molecular formula is C36H53N5O6. The van der Waals surface area contributed by atoms with E-state index in [1.54, 1.807) is 9.80 Å². The van der Waals surface area contributed by atoms with Crippen LogP contribution in [0.1, 0.15) is 90.1 Å². The Kier molecular flexibility index (Phi) is 12.5. The number of rotatable bonds is 10. The highest BCUT2D eigenvalue weighted by Gasteiger charge is 2.38. The van der Waals surface area contributed by atoms with Gasteiger partial charge in [0, 0.05) is 38.9 Å². The minimum atomic E-state index is -0.652. The monoisotopic (exact) mass is 651 g/mol. The van der Waals surface area contributed by atoms with Crippen LogP contribution in [0.3, 0.4) is 0 Å². The first-order chi connectivity index (χ1) is 22.3. The Hall–Kier alpha value is -3.86. The predicted molar refractivity (Wildman–Crippen MR) is 180 cm³/mol. The van der Waals surface area contributed by atoms with E-state index in [1.165, 1.54) is 5.56 Å². The van der Waals surface area contributed by atoms with Crippen LogP contribution in [0.5, 0.6) is 0 Å². The summed E-state index contributed by atoms with van der Waals surface area (Å²) < 4.78 is 16.9. The lowest BCUT2D eigenvalue weighted by molar-refractivity contribution is -0.0124. The molecule has 1 saturated heterocycles. The Morgan fingerprint density at radius 3 is 2.40 bits per heavy atom. The molecule has 47 heavy (non-hydrogen) atoms. The molecule has 258 valence electrons. The molecule has 1 N–H and O–H groups in total. The third-order valence-electron chi connectivity index (χ3n) is 8.17.